The standard InChI is InChI=1S/C16H14FN3S3/c1-3-8-20-14-13(23-16(20)21)15(19-10(2)18-14)22-9-11-4-6-12(17)7-5-11/h3-7H,1,8-9H2,2H3. The van der Waals surface area contributed by atoms with Gasteiger partial charge in [-0.3, -0.25) is 0 Å². The van der Waals surface area contributed by atoms with E-state index in [1.807, 2.05) is 17.6 Å². The van der Waals surface area contributed by atoms with E-state index in [1.54, 1.807) is 23.9 Å². The largest absolute Gasteiger partial charge is 0.304 e. The topological polar surface area (TPSA) is 30.7 Å². The van der Waals surface area contributed by atoms with E-state index < -0.39 is 0 Å². The lowest BCUT2D eigenvalue weighted by molar-refractivity contribution is 0.627. The SMILES string of the molecule is C=CCn1c(=S)sc2c(SCc3ccc(F)cc3)nc(C)nc21. The van der Waals surface area contributed by atoms with Gasteiger partial charge in [-0.05, 0) is 36.8 Å². The van der Waals surface area contributed by atoms with Gasteiger partial charge in [0, 0.05) is 12.3 Å². The molecular weight excluding hydrogens is 349 g/mol. The molecule has 0 atom stereocenters. The van der Waals surface area contributed by atoms with Crippen molar-refractivity contribution in [3.05, 3.63) is 58.1 Å². The van der Waals surface area contributed by atoms with Gasteiger partial charge in [-0.1, -0.05) is 18.2 Å². The van der Waals surface area contributed by atoms with E-state index in [2.05, 4.69) is 16.5 Å². The zero-order chi connectivity index (χ0) is 16.4. The van der Waals surface area contributed by atoms with Crippen LogP contribution in [0.15, 0.2) is 41.9 Å². The molecule has 118 valence electrons. The average molecular weight is 364 g/mol. The first-order chi connectivity index (χ1) is 11.1. The van der Waals surface area contributed by atoms with Crippen molar-refractivity contribution >= 4 is 45.7 Å². The van der Waals surface area contributed by atoms with Crippen LogP contribution in [-0.2, 0) is 12.3 Å². The number of thiazole rings is 1. The molecule has 0 radical (unpaired) electrons. The minimum atomic E-state index is -0.224. The Hall–Kier alpha value is -1.57. The van der Waals surface area contributed by atoms with Crippen LogP contribution in [0.5, 0.6) is 0 Å². The first kappa shape index (κ1) is 16.3. The van der Waals surface area contributed by atoms with Crippen molar-refractivity contribution in [1.29, 1.82) is 0 Å². The van der Waals surface area contributed by atoms with Gasteiger partial charge in [-0.25, -0.2) is 14.4 Å². The molecule has 0 amide bonds. The van der Waals surface area contributed by atoms with Gasteiger partial charge in [0.1, 0.15) is 21.4 Å². The third kappa shape index (κ3) is 3.52. The summed E-state index contributed by atoms with van der Waals surface area (Å²) in [7, 11) is 0. The Kier molecular flexibility index (Phi) is 4.89. The van der Waals surface area contributed by atoms with Crippen molar-refractivity contribution in [2.24, 2.45) is 0 Å². The molecule has 0 saturated carbocycles. The maximum Gasteiger partial charge on any atom is 0.163 e. The first-order valence-corrected chi connectivity index (χ1v) is 9.15. The molecule has 3 rings (SSSR count). The van der Waals surface area contributed by atoms with E-state index in [1.165, 1.54) is 23.5 Å². The normalized spacial score (nSPS) is 11.0. The molecule has 23 heavy (non-hydrogen) atoms. The fraction of sp³-hybridized carbons (Fsp3) is 0.188. The minimum Gasteiger partial charge on any atom is -0.304 e. The Balaban J connectivity index is 1.97. The molecule has 0 aliphatic heterocycles. The van der Waals surface area contributed by atoms with E-state index in [0.717, 1.165) is 30.6 Å². The number of allylic oxidation sites excluding steroid dienone is 1. The monoisotopic (exact) mass is 363 g/mol. The van der Waals surface area contributed by atoms with Crippen molar-refractivity contribution in [2.45, 2.75) is 24.2 Å². The van der Waals surface area contributed by atoms with E-state index in [9.17, 15) is 4.39 Å². The second-order valence-electron chi connectivity index (χ2n) is 4.91. The lowest BCUT2D eigenvalue weighted by Gasteiger charge is -2.05. The summed E-state index contributed by atoms with van der Waals surface area (Å²) in [6.45, 7) is 6.28. The minimum absolute atomic E-state index is 0.224. The second-order valence-corrected chi connectivity index (χ2v) is 7.52. The number of halogens is 1. The summed E-state index contributed by atoms with van der Waals surface area (Å²) in [4.78, 5) is 9.08. The summed E-state index contributed by atoms with van der Waals surface area (Å²) in [5.74, 6) is 1.21. The summed E-state index contributed by atoms with van der Waals surface area (Å²) in [5.41, 5.74) is 1.91. The van der Waals surface area contributed by atoms with Gasteiger partial charge in [0.25, 0.3) is 0 Å². The lowest BCUT2D eigenvalue weighted by atomic mass is 10.2. The highest BCUT2D eigenvalue weighted by atomic mass is 32.2. The van der Waals surface area contributed by atoms with Crippen molar-refractivity contribution in [3.63, 3.8) is 0 Å². The van der Waals surface area contributed by atoms with Crippen molar-refractivity contribution in [2.75, 3.05) is 0 Å². The third-order valence-corrected chi connectivity index (χ3v) is 5.82. The number of nitrogens with zero attached hydrogens (tertiary/aromatic N) is 3. The van der Waals surface area contributed by atoms with Crippen LogP contribution in [0.1, 0.15) is 11.4 Å². The number of benzene rings is 1. The van der Waals surface area contributed by atoms with Crippen molar-refractivity contribution in [1.82, 2.24) is 14.5 Å². The number of fused-ring (bicyclic) bond motifs is 1. The molecule has 0 saturated heterocycles. The van der Waals surface area contributed by atoms with Crippen LogP contribution in [-0.4, -0.2) is 14.5 Å². The molecule has 0 aliphatic rings. The first-order valence-electron chi connectivity index (χ1n) is 6.94. The molecule has 0 N–H and O–H groups in total. The number of thioether (sulfide) groups is 1. The number of aromatic nitrogens is 3. The van der Waals surface area contributed by atoms with Crippen LogP contribution in [0.3, 0.4) is 0 Å². The Morgan fingerprint density at radius 2 is 2.09 bits per heavy atom. The molecule has 0 aliphatic carbocycles. The molecule has 2 heterocycles. The summed E-state index contributed by atoms with van der Waals surface area (Å²) in [5, 5.41) is 0.913. The Labute approximate surface area is 146 Å². The highest BCUT2D eigenvalue weighted by Gasteiger charge is 2.13. The summed E-state index contributed by atoms with van der Waals surface area (Å²) >= 11 is 8.56. The van der Waals surface area contributed by atoms with Gasteiger partial charge in [0.15, 0.2) is 9.60 Å². The van der Waals surface area contributed by atoms with Crippen LogP contribution < -0.4 is 0 Å². The second kappa shape index (κ2) is 6.90. The molecule has 0 fully saturated rings. The average Bonchev–Trinajstić information content (AvgIpc) is 2.83. The van der Waals surface area contributed by atoms with E-state index in [0.29, 0.717) is 12.4 Å². The van der Waals surface area contributed by atoms with Gasteiger partial charge < -0.3 is 4.57 Å². The Morgan fingerprint density at radius 3 is 2.78 bits per heavy atom. The van der Waals surface area contributed by atoms with Crippen LogP contribution in [0.4, 0.5) is 4.39 Å². The lowest BCUT2D eigenvalue weighted by Crippen LogP contribution is -1.99. The van der Waals surface area contributed by atoms with Gasteiger partial charge in [0.2, 0.25) is 0 Å². The zero-order valence-electron chi connectivity index (χ0n) is 12.5. The number of hydrogen-bond donors (Lipinski definition) is 0. The number of hydrogen-bond acceptors (Lipinski definition) is 5. The highest BCUT2D eigenvalue weighted by Crippen LogP contribution is 2.32. The zero-order valence-corrected chi connectivity index (χ0v) is 14.9. The smallest absolute Gasteiger partial charge is 0.163 e. The van der Waals surface area contributed by atoms with Crippen molar-refractivity contribution in [3.8, 4) is 0 Å². The molecule has 2 aromatic heterocycles. The Bertz CT molecular complexity index is 913. The summed E-state index contributed by atoms with van der Waals surface area (Å²) in [6, 6.07) is 6.53. The number of aryl methyl sites for hydroxylation is 1. The predicted octanol–water partition coefficient (Wildman–Crippen LogP) is 5.15. The third-order valence-electron chi connectivity index (χ3n) is 3.19. The van der Waals surface area contributed by atoms with E-state index in [4.69, 9.17) is 12.2 Å². The van der Waals surface area contributed by atoms with Crippen LogP contribution in [0.25, 0.3) is 10.3 Å². The molecule has 1 aromatic carbocycles. The summed E-state index contributed by atoms with van der Waals surface area (Å²) in [6.07, 6.45) is 1.81. The molecule has 7 heteroatoms. The number of rotatable bonds is 5. The quantitative estimate of drug-likeness (QED) is 0.271. The molecule has 0 bridgehead atoms. The fourth-order valence-corrected chi connectivity index (χ4v) is 4.60. The fourth-order valence-electron chi connectivity index (χ4n) is 2.14. The van der Waals surface area contributed by atoms with E-state index >= 15 is 0 Å². The predicted molar refractivity (Wildman–Crippen MR) is 97.1 cm³/mol. The molecule has 3 nitrogen and oxygen atoms in total. The van der Waals surface area contributed by atoms with Crippen LogP contribution in [0.2, 0.25) is 0 Å². The molecular formula is C16H14FN3S3. The summed E-state index contributed by atoms with van der Waals surface area (Å²) < 4.78 is 16.7. The maximum atomic E-state index is 13.0. The highest BCUT2D eigenvalue weighted by molar-refractivity contribution is 7.98. The molecule has 0 spiro atoms. The van der Waals surface area contributed by atoms with Gasteiger partial charge in [0.05, 0.1) is 0 Å². The van der Waals surface area contributed by atoms with Gasteiger partial charge in [-0.2, -0.15) is 0 Å². The van der Waals surface area contributed by atoms with Crippen LogP contribution in [0, 0.1) is 16.7 Å². The van der Waals surface area contributed by atoms with E-state index in [-0.39, 0.29) is 5.82 Å². The molecule has 3 aromatic rings. The maximum absolute atomic E-state index is 13.0. The van der Waals surface area contributed by atoms with Gasteiger partial charge >= 0.3 is 0 Å². The van der Waals surface area contributed by atoms with Crippen LogP contribution >= 0.6 is 35.3 Å². The van der Waals surface area contributed by atoms with Gasteiger partial charge in [-0.15, -0.1) is 29.7 Å². The molecule has 0 unspecified atom stereocenters. The van der Waals surface area contributed by atoms with Crippen molar-refractivity contribution < 1.29 is 4.39 Å². The Morgan fingerprint density at radius 1 is 1.35 bits per heavy atom.